The normalized spacial score (nSPS) is 17.9. The van der Waals surface area contributed by atoms with E-state index in [2.05, 4.69) is 59.8 Å². The third kappa shape index (κ3) is 9.12. The van der Waals surface area contributed by atoms with E-state index >= 15 is 0 Å². The lowest BCUT2D eigenvalue weighted by atomic mass is 10.0. The van der Waals surface area contributed by atoms with Crippen LogP contribution >= 0.6 is 0 Å². The number of rotatable bonds is 13. The highest BCUT2D eigenvalue weighted by Crippen LogP contribution is 2.35. The summed E-state index contributed by atoms with van der Waals surface area (Å²) in [5, 5.41) is 5.07. The van der Waals surface area contributed by atoms with Crippen LogP contribution in [0.1, 0.15) is 61.9 Å². The molecule has 59 heavy (non-hydrogen) atoms. The fourth-order valence-corrected chi connectivity index (χ4v) is 7.79. The van der Waals surface area contributed by atoms with Crippen LogP contribution in [0.15, 0.2) is 85.5 Å². The molecule has 4 amide bonds. The maximum atomic E-state index is 13.8. The minimum absolute atomic E-state index is 0.213. The van der Waals surface area contributed by atoms with Gasteiger partial charge in [-0.15, -0.1) is 0 Å². The van der Waals surface area contributed by atoms with Crippen molar-refractivity contribution in [2.24, 2.45) is 0 Å². The summed E-state index contributed by atoms with van der Waals surface area (Å²) in [6, 6.07) is 18.6. The maximum Gasteiger partial charge on any atom is 0.407 e. The minimum atomic E-state index is -1.00. The number of alkyl carbamates (subject to hydrolysis) is 2. The van der Waals surface area contributed by atoms with Gasteiger partial charge >= 0.3 is 12.2 Å². The van der Waals surface area contributed by atoms with Crippen LogP contribution in [0, 0.1) is 0 Å². The number of imidazole rings is 2. The zero-order chi connectivity index (χ0) is 41.5. The molecule has 0 saturated carbocycles. The Labute approximate surface area is 342 Å². The van der Waals surface area contributed by atoms with Crippen LogP contribution in [0.3, 0.4) is 0 Å². The Morgan fingerprint density at radius 2 is 1.31 bits per heavy atom. The van der Waals surface area contributed by atoms with Gasteiger partial charge in [0.25, 0.3) is 5.91 Å². The highest BCUT2D eigenvalue weighted by molar-refractivity contribution is 5.87. The van der Waals surface area contributed by atoms with Gasteiger partial charge in [-0.25, -0.2) is 19.6 Å². The van der Waals surface area contributed by atoms with E-state index in [-0.39, 0.29) is 30.3 Å². The average Bonchev–Trinajstić information content (AvgIpc) is 4.12. The SMILES string of the molecule is CNC(=O)O[C@@H](Cc1cccnc1)C(=O)N1CCC[C@H]1c1ncc(-c2ccc(-c3ccc(-c4cnc([C@@H]5CCCN5C(=O)[C@@H](NC(=O)OC)[C@@H](C)OC)[nH]4)cc3)cc2)[nH]1. The molecule has 2 fully saturated rings. The number of methoxy groups -OCH3 is 2. The quantitative estimate of drug-likeness (QED) is 0.117. The molecule has 7 rings (SSSR count). The molecule has 2 aliphatic rings. The van der Waals surface area contributed by atoms with E-state index in [1.807, 2.05) is 30.3 Å². The van der Waals surface area contributed by atoms with Crippen LogP contribution in [0.5, 0.6) is 0 Å². The Kier molecular flexibility index (Phi) is 12.6. The van der Waals surface area contributed by atoms with Crippen molar-refractivity contribution in [1.29, 1.82) is 0 Å². The van der Waals surface area contributed by atoms with Crippen molar-refractivity contribution in [1.82, 2.24) is 45.4 Å². The van der Waals surface area contributed by atoms with Gasteiger partial charge in [-0.3, -0.25) is 14.6 Å². The number of hydrogen-bond donors (Lipinski definition) is 4. The Morgan fingerprint density at radius 3 is 1.80 bits per heavy atom. The third-order valence-electron chi connectivity index (χ3n) is 11.1. The molecule has 308 valence electrons. The first kappa shape index (κ1) is 40.6. The lowest BCUT2D eigenvalue weighted by Crippen LogP contribution is -2.54. The highest BCUT2D eigenvalue weighted by Gasteiger charge is 2.39. The molecule has 0 unspecified atom stereocenters. The van der Waals surface area contributed by atoms with E-state index < -0.39 is 30.4 Å². The molecule has 16 heteroatoms. The summed E-state index contributed by atoms with van der Waals surface area (Å²) in [4.78, 5) is 75.5. The van der Waals surface area contributed by atoms with Gasteiger partial charge in [0.15, 0.2) is 6.10 Å². The Balaban J connectivity index is 1.00. The number of hydrogen-bond acceptors (Lipinski definition) is 10. The second-order valence-corrected chi connectivity index (χ2v) is 14.7. The van der Waals surface area contributed by atoms with Gasteiger partial charge < -0.3 is 44.6 Å². The van der Waals surface area contributed by atoms with Crippen molar-refractivity contribution in [2.75, 3.05) is 34.4 Å². The van der Waals surface area contributed by atoms with Gasteiger partial charge in [0.2, 0.25) is 5.91 Å². The minimum Gasteiger partial charge on any atom is -0.453 e. The first-order valence-corrected chi connectivity index (χ1v) is 19.7. The summed E-state index contributed by atoms with van der Waals surface area (Å²) in [5.41, 5.74) is 6.42. The summed E-state index contributed by atoms with van der Waals surface area (Å²) in [7, 11) is 4.22. The van der Waals surface area contributed by atoms with Crippen LogP contribution in [0.4, 0.5) is 9.59 Å². The number of carbonyl (C=O) groups excluding carboxylic acids is 4. The third-order valence-corrected chi connectivity index (χ3v) is 11.1. The fraction of sp³-hybridized carbons (Fsp3) is 0.372. The molecule has 5 heterocycles. The highest BCUT2D eigenvalue weighted by atomic mass is 16.6. The molecule has 3 aromatic heterocycles. The monoisotopic (exact) mass is 803 g/mol. The number of ether oxygens (including phenoxy) is 3. The largest absolute Gasteiger partial charge is 0.453 e. The van der Waals surface area contributed by atoms with Crippen LogP contribution in [0.2, 0.25) is 0 Å². The fourth-order valence-electron chi connectivity index (χ4n) is 7.79. The lowest BCUT2D eigenvalue weighted by Gasteiger charge is -2.30. The number of pyridine rings is 1. The van der Waals surface area contributed by atoms with E-state index in [9.17, 15) is 19.2 Å². The molecular formula is C43H49N9O7. The van der Waals surface area contributed by atoms with Crippen LogP contribution in [-0.2, 0) is 30.2 Å². The van der Waals surface area contributed by atoms with Gasteiger partial charge in [-0.1, -0.05) is 54.6 Å². The molecule has 0 radical (unpaired) electrons. The summed E-state index contributed by atoms with van der Waals surface area (Å²) < 4.78 is 15.7. The molecule has 0 spiro atoms. The average molecular weight is 804 g/mol. The molecule has 16 nitrogen and oxygen atoms in total. The number of nitrogens with one attached hydrogen (secondary N) is 4. The zero-order valence-corrected chi connectivity index (χ0v) is 33.5. The number of nitrogens with zero attached hydrogens (tertiary/aromatic N) is 5. The predicted molar refractivity (Wildman–Crippen MR) is 217 cm³/mol. The standard InChI is InChI=1S/C43H49N9O7/c1-26(57-3)37(50-43(56)58-4)41(54)52-21-7-10-35(52)39-47-25-33(49-39)31-17-13-29(14-18-31)28-11-15-30(16-12-28)32-24-46-38(48-32)34-9-6-20-51(34)40(53)36(59-42(55)44-2)22-27-8-5-19-45-23-27/h5,8,11-19,23-26,34-37H,6-7,9-10,20-22H2,1-4H3,(H,44,55)(H,46,48)(H,47,49)(H,50,56)/t26-,34+,35+,36+,37+/m1/s1. The van der Waals surface area contributed by atoms with E-state index in [4.69, 9.17) is 14.2 Å². The molecule has 5 aromatic rings. The number of likely N-dealkylation sites (tertiary alicyclic amines) is 2. The number of carbonyl (C=O) groups is 4. The lowest BCUT2D eigenvalue weighted by molar-refractivity contribution is -0.141. The van der Waals surface area contributed by atoms with Gasteiger partial charge in [-0.2, -0.15) is 0 Å². The van der Waals surface area contributed by atoms with E-state index in [0.717, 1.165) is 64.9 Å². The summed E-state index contributed by atoms with van der Waals surface area (Å²) in [6.45, 7) is 2.80. The molecule has 5 atom stereocenters. The maximum absolute atomic E-state index is 13.8. The number of H-pyrrole nitrogens is 2. The van der Waals surface area contributed by atoms with Crippen LogP contribution in [-0.4, -0.2) is 111 Å². The number of aromatic nitrogens is 5. The van der Waals surface area contributed by atoms with Gasteiger partial charge in [0.1, 0.15) is 17.7 Å². The van der Waals surface area contributed by atoms with Crippen LogP contribution < -0.4 is 10.6 Å². The van der Waals surface area contributed by atoms with Gasteiger partial charge in [-0.05, 0) is 66.5 Å². The molecule has 2 aliphatic heterocycles. The van der Waals surface area contributed by atoms with Crippen molar-refractivity contribution >= 4 is 24.0 Å². The van der Waals surface area contributed by atoms with Crippen molar-refractivity contribution in [3.8, 4) is 33.6 Å². The first-order chi connectivity index (χ1) is 28.7. The summed E-state index contributed by atoms with van der Waals surface area (Å²) >= 11 is 0. The Bertz CT molecular complexity index is 2230. The molecule has 0 aliphatic carbocycles. The number of benzene rings is 2. The molecular weight excluding hydrogens is 755 g/mol. The predicted octanol–water partition coefficient (Wildman–Crippen LogP) is 5.58. The number of aromatic amines is 2. The van der Waals surface area contributed by atoms with Gasteiger partial charge in [0, 0.05) is 46.1 Å². The van der Waals surface area contributed by atoms with Crippen molar-refractivity contribution in [3.63, 3.8) is 0 Å². The smallest absolute Gasteiger partial charge is 0.407 e. The second kappa shape index (κ2) is 18.4. The topological polar surface area (TPSA) is 197 Å². The summed E-state index contributed by atoms with van der Waals surface area (Å²) in [5.74, 6) is 0.839. The van der Waals surface area contributed by atoms with Crippen molar-refractivity contribution in [3.05, 3.63) is 103 Å². The molecule has 2 aromatic carbocycles. The van der Waals surface area contributed by atoms with Crippen molar-refractivity contribution in [2.45, 2.75) is 69.4 Å². The molecule has 4 N–H and O–H groups in total. The van der Waals surface area contributed by atoms with Gasteiger partial charge in [0.05, 0.1) is 49.1 Å². The van der Waals surface area contributed by atoms with E-state index in [0.29, 0.717) is 24.7 Å². The van der Waals surface area contributed by atoms with Crippen molar-refractivity contribution < 1.29 is 33.4 Å². The zero-order valence-electron chi connectivity index (χ0n) is 33.5. The molecule has 2 saturated heterocycles. The Hall–Kier alpha value is -6.55. The van der Waals surface area contributed by atoms with E-state index in [1.165, 1.54) is 21.3 Å². The number of amides is 4. The molecule has 0 bridgehead atoms. The van der Waals surface area contributed by atoms with E-state index in [1.54, 1.807) is 47.6 Å². The second-order valence-electron chi connectivity index (χ2n) is 14.7. The van der Waals surface area contributed by atoms with Crippen LogP contribution in [0.25, 0.3) is 33.6 Å². The summed E-state index contributed by atoms with van der Waals surface area (Å²) in [6.07, 6.45) is 7.24. The Morgan fingerprint density at radius 1 is 0.763 bits per heavy atom. The first-order valence-electron chi connectivity index (χ1n) is 19.7.